The first-order chi connectivity index (χ1) is 11.0. The number of allylic oxidation sites excluding steroid dienone is 1. The zero-order chi connectivity index (χ0) is 16.2. The van der Waals surface area contributed by atoms with Crippen molar-refractivity contribution in [3.05, 3.63) is 12.2 Å². The van der Waals surface area contributed by atoms with E-state index in [-0.39, 0.29) is 17.6 Å². The maximum Gasteiger partial charge on any atom is 0.0724 e. The summed E-state index contributed by atoms with van der Waals surface area (Å²) in [4.78, 5) is 0. The zero-order valence-corrected chi connectivity index (χ0v) is 14.5. The molecule has 0 aromatic heterocycles. The average Bonchev–Trinajstić information content (AvgIpc) is 2.91. The minimum atomic E-state index is -0.284. The maximum absolute atomic E-state index is 10.3. The van der Waals surface area contributed by atoms with Crippen LogP contribution in [0.15, 0.2) is 12.2 Å². The molecule has 0 spiro atoms. The lowest BCUT2D eigenvalue weighted by Crippen LogP contribution is -2.54. The van der Waals surface area contributed by atoms with Crippen LogP contribution in [-0.4, -0.2) is 36.1 Å². The number of aliphatic hydroxyl groups is 2. The van der Waals surface area contributed by atoms with Crippen molar-refractivity contribution in [3.8, 4) is 0 Å². The highest BCUT2D eigenvalue weighted by molar-refractivity contribution is 5.17. The highest BCUT2D eigenvalue weighted by atomic mass is 16.5. The van der Waals surface area contributed by atoms with Gasteiger partial charge in [-0.15, -0.1) is 0 Å². The molecule has 0 heterocycles. The van der Waals surface area contributed by atoms with Gasteiger partial charge in [-0.3, -0.25) is 0 Å². The van der Waals surface area contributed by atoms with Crippen LogP contribution < -0.4 is 0 Å². The molecule has 0 aromatic carbocycles. The fourth-order valence-electron chi connectivity index (χ4n) is 7.06. The third-order valence-electron chi connectivity index (χ3n) is 8.01. The fourth-order valence-corrected chi connectivity index (χ4v) is 7.06. The molecular weight excluding hydrogens is 288 g/mol. The van der Waals surface area contributed by atoms with Crippen LogP contribution in [0, 0.1) is 40.9 Å². The lowest BCUT2D eigenvalue weighted by Gasteiger charge is -2.59. The summed E-state index contributed by atoms with van der Waals surface area (Å²) < 4.78 is 5.57. The molecule has 4 rings (SSSR count). The van der Waals surface area contributed by atoms with E-state index in [0.717, 1.165) is 31.3 Å². The van der Waals surface area contributed by atoms with Gasteiger partial charge < -0.3 is 14.9 Å². The molecule has 3 heteroatoms. The van der Waals surface area contributed by atoms with Gasteiger partial charge in [0.05, 0.1) is 12.2 Å². The average molecular weight is 320 g/mol. The van der Waals surface area contributed by atoms with Crippen LogP contribution in [0.1, 0.15) is 45.4 Å². The SMILES string of the molecule is COC[C@H]1CC2[C@@H]3CCC(O)C3CC[C@@H]2C2(C)C=CC(O)CC12. The fraction of sp³-hybridized carbons (Fsp3) is 0.900. The van der Waals surface area contributed by atoms with Gasteiger partial charge in [0.25, 0.3) is 0 Å². The number of ether oxygens (including phenoxy) is 1. The van der Waals surface area contributed by atoms with Gasteiger partial charge >= 0.3 is 0 Å². The molecule has 0 radical (unpaired) electrons. The van der Waals surface area contributed by atoms with E-state index in [0.29, 0.717) is 23.7 Å². The van der Waals surface area contributed by atoms with Crippen molar-refractivity contribution in [2.24, 2.45) is 40.9 Å². The number of hydrogen-bond acceptors (Lipinski definition) is 3. The third-order valence-corrected chi connectivity index (χ3v) is 8.01. The second-order valence-electron chi connectivity index (χ2n) is 8.91. The van der Waals surface area contributed by atoms with Gasteiger partial charge in [0.1, 0.15) is 0 Å². The molecule has 0 aliphatic heterocycles. The van der Waals surface area contributed by atoms with Crippen LogP contribution in [-0.2, 0) is 4.74 Å². The lowest BCUT2D eigenvalue weighted by atomic mass is 9.46. The Morgan fingerprint density at radius 2 is 1.78 bits per heavy atom. The van der Waals surface area contributed by atoms with Gasteiger partial charge in [-0.25, -0.2) is 0 Å². The molecule has 6 unspecified atom stereocenters. The molecule has 0 saturated heterocycles. The summed E-state index contributed by atoms with van der Waals surface area (Å²) >= 11 is 0. The van der Waals surface area contributed by atoms with E-state index < -0.39 is 0 Å². The first-order valence-corrected chi connectivity index (χ1v) is 9.59. The number of methoxy groups -OCH3 is 1. The van der Waals surface area contributed by atoms with Gasteiger partial charge in [-0.2, -0.15) is 0 Å². The molecule has 3 saturated carbocycles. The van der Waals surface area contributed by atoms with Gasteiger partial charge in [-0.05, 0) is 79.4 Å². The van der Waals surface area contributed by atoms with Gasteiger partial charge in [0.15, 0.2) is 0 Å². The van der Waals surface area contributed by atoms with Gasteiger partial charge in [-0.1, -0.05) is 19.1 Å². The Labute approximate surface area is 140 Å². The Morgan fingerprint density at radius 1 is 1.00 bits per heavy atom. The van der Waals surface area contributed by atoms with E-state index >= 15 is 0 Å². The van der Waals surface area contributed by atoms with E-state index in [9.17, 15) is 10.2 Å². The number of aliphatic hydroxyl groups excluding tert-OH is 2. The highest BCUT2D eigenvalue weighted by Gasteiger charge is 2.57. The van der Waals surface area contributed by atoms with Gasteiger partial charge in [0, 0.05) is 13.7 Å². The first-order valence-electron chi connectivity index (χ1n) is 9.59. The molecule has 0 amide bonds. The van der Waals surface area contributed by atoms with Crippen LogP contribution >= 0.6 is 0 Å². The molecule has 130 valence electrons. The standard InChI is InChI=1S/C20H32O3/c1-20-8-7-13(21)10-18(20)12(11-23-2)9-16-14-4-6-19(22)15(14)3-5-17(16)20/h7-8,12-19,21-22H,3-6,9-11H2,1-2H3/t12-,13?,14-,15?,16?,17+,18?,19?,20?/m1/s1. The summed E-state index contributed by atoms with van der Waals surface area (Å²) in [5, 5.41) is 20.5. The summed E-state index contributed by atoms with van der Waals surface area (Å²) in [6.45, 7) is 3.25. The third kappa shape index (κ3) is 2.42. The Kier molecular flexibility index (Phi) is 4.10. The van der Waals surface area contributed by atoms with Gasteiger partial charge in [0.2, 0.25) is 0 Å². The molecule has 0 bridgehead atoms. The van der Waals surface area contributed by atoms with Crippen molar-refractivity contribution in [2.75, 3.05) is 13.7 Å². The monoisotopic (exact) mass is 320 g/mol. The number of hydrogen-bond donors (Lipinski definition) is 2. The summed E-state index contributed by atoms with van der Waals surface area (Å²) in [6.07, 6.45) is 10.8. The predicted octanol–water partition coefficient (Wildman–Crippen LogP) is 3.01. The van der Waals surface area contributed by atoms with E-state index in [1.165, 1.54) is 25.7 Å². The lowest BCUT2D eigenvalue weighted by molar-refractivity contribution is -0.105. The number of rotatable bonds is 2. The smallest absolute Gasteiger partial charge is 0.0724 e. The van der Waals surface area contributed by atoms with E-state index in [1.54, 1.807) is 0 Å². The van der Waals surface area contributed by atoms with Crippen molar-refractivity contribution in [2.45, 2.75) is 57.7 Å². The molecule has 2 N–H and O–H groups in total. The molecule has 3 nitrogen and oxygen atoms in total. The summed E-state index contributed by atoms with van der Waals surface area (Å²) in [5.74, 6) is 3.77. The summed E-state index contributed by atoms with van der Waals surface area (Å²) in [7, 11) is 1.81. The maximum atomic E-state index is 10.3. The molecule has 0 aromatic rings. The quantitative estimate of drug-likeness (QED) is 0.769. The second-order valence-corrected chi connectivity index (χ2v) is 8.91. The highest BCUT2D eigenvalue weighted by Crippen LogP contribution is 2.63. The first kappa shape index (κ1) is 16.1. The van der Waals surface area contributed by atoms with Crippen LogP contribution in [0.4, 0.5) is 0 Å². The Morgan fingerprint density at radius 3 is 2.57 bits per heavy atom. The Bertz CT molecular complexity index is 476. The van der Waals surface area contributed by atoms with Crippen LogP contribution in [0.25, 0.3) is 0 Å². The minimum Gasteiger partial charge on any atom is -0.393 e. The molecular formula is C20H32O3. The van der Waals surface area contributed by atoms with Crippen LogP contribution in [0.3, 0.4) is 0 Å². The van der Waals surface area contributed by atoms with Crippen molar-refractivity contribution in [1.82, 2.24) is 0 Å². The van der Waals surface area contributed by atoms with Crippen LogP contribution in [0.5, 0.6) is 0 Å². The normalized spacial score (nSPS) is 55.1. The van der Waals surface area contributed by atoms with E-state index in [1.807, 2.05) is 13.2 Å². The second kappa shape index (κ2) is 5.86. The largest absolute Gasteiger partial charge is 0.393 e. The topological polar surface area (TPSA) is 49.7 Å². The van der Waals surface area contributed by atoms with Crippen molar-refractivity contribution in [1.29, 1.82) is 0 Å². The molecule has 9 atom stereocenters. The van der Waals surface area contributed by atoms with Crippen LogP contribution in [0.2, 0.25) is 0 Å². The van der Waals surface area contributed by atoms with Crippen molar-refractivity contribution < 1.29 is 14.9 Å². The minimum absolute atomic E-state index is 0.0592. The zero-order valence-electron chi connectivity index (χ0n) is 14.5. The molecule has 3 fully saturated rings. The molecule has 4 aliphatic rings. The van der Waals surface area contributed by atoms with Crippen molar-refractivity contribution in [3.63, 3.8) is 0 Å². The Balaban J connectivity index is 1.68. The van der Waals surface area contributed by atoms with Crippen molar-refractivity contribution >= 4 is 0 Å². The summed E-state index contributed by atoms with van der Waals surface area (Å²) in [5.41, 5.74) is 0.198. The van der Waals surface area contributed by atoms with E-state index in [4.69, 9.17) is 4.74 Å². The van der Waals surface area contributed by atoms with E-state index in [2.05, 4.69) is 13.0 Å². The molecule has 23 heavy (non-hydrogen) atoms. The molecule has 4 aliphatic carbocycles. The predicted molar refractivity (Wildman–Crippen MR) is 89.8 cm³/mol. The number of fused-ring (bicyclic) bond motifs is 5. The Hall–Kier alpha value is -0.380. The summed E-state index contributed by atoms with van der Waals surface area (Å²) in [6, 6.07) is 0.